The van der Waals surface area contributed by atoms with E-state index in [2.05, 4.69) is 21.9 Å². The van der Waals surface area contributed by atoms with E-state index < -0.39 is 0 Å². The molecule has 76 valence electrons. The second-order valence-electron chi connectivity index (χ2n) is 3.92. The molecule has 3 rings (SSSR count). The number of carbonyl (C=O) groups excluding carboxylic acids is 1. The molecule has 1 aromatic carbocycles. The molecule has 0 atom stereocenters. The fourth-order valence-corrected chi connectivity index (χ4v) is 2.25. The molecule has 2 heterocycles. The Kier molecular flexibility index (Phi) is 1.63. The van der Waals surface area contributed by atoms with E-state index in [0.29, 0.717) is 6.42 Å². The molecule has 0 spiro atoms. The van der Waals surface area contributed by atoms with E-state index in [1.807, 2.05) is 19.2 Å². The van der Waals surface area contributed by atoms with Crippen LogP contribution in [0.15, 0.2) is 36.2 Å². The topological polar surface area (TPSA) is 23.6 Å². The Bertz CT molecular complexity index is 464. The van der Waals surface area contributed by atoms with Crippen molar-refractivity contribution in [3.05, 3.63) is 36.2 Å². The Labute approximate surface area is 88.6 Å². The third-order valence-electron chi connectivity index (χ3n) is 3.03. The summed E-state index contributed by atoms with van der Waals surface area (Å²) in [5, 5.41) is 0. The molecule has 0 saturated carbocycles. The summed E-state index contributed by atoms with van der Waals surface area (Å²) < 4.78 is 0. The van der Waals surface area contributed by atoms with Crippen LogP contribution in [-0.2, 0) is 4.79 Å². The average Bonchev–Trinajstić information content (AvgIpc) is 2.54. The molecule has 2 aliphatic heterocycles. The molecule has 3 heteroatoms. The Morgan fingerprint density at radius 3 is 2.73 bits per heavy atom. The van der Waals surface area contributed by atoms with Crippen molar-refractivity contribution in [3.8, 4) is 0 Å². The van der Waals surface area contributed by atoms with Gasteiger partial charge in [-0.15, -0.1) is 0 Å². The van der Waals surface area contributed by atoms with Crippen LogP contribution >= 0.6 is 0 Å². The number of rotatable bonds is 0. The maximum Gasteiger partial charge on any atom is 0.161 e. The van der Waals surface area contributed by atoms with Gasteiger partial charge in [0, 0.05) is 26.1 Å². The predicted molar refractivity (Wildman–Crippen MR) is 59.9 cm³/mol. The highest BCUT2D eigenvalue weighted by molar-refractivity contribution is 5.96. The monoisotopic (exact) mass is 200 g/mol. The molecule has 0 unspecified atom stereocenters. The quantitative estimate of drug-likeness (QED) is 0.637. The number of benzene rings is 1. The standard InChI is InChI=1S/C12H12N2O/c1-13-10-4-2-3-5-11(10)14-7-6-9(15)8-12(13)14/h2-5,8H,6-7H2,1H3. The van der Waals surface area contributed by atoms with Crippen molar-refractivity contribution < 1.29 is 4.79 Å². The number of carbonyl (C=O) groups is 1. The highest BCUT2D eigenvalue weighted by atomic mass is 16.1. The van der Waals surface area contributed by atoms with E-state index in [0.717, 1.165) is 12.4 Å². The molecular weight excluding hydrogens is 188 g/mol. The smallest absolute Gasteiger partial charge is 0.161 e. The van der Waals surface area contributed by atoms with Gasteiger partial charge in [-0.25, -0.2) is 0 Å². The fourth-order valence-electron chi connectivity index (χ4n) is 2.25. The summed E-state index contributed by atoms with van der Waals surface area (Å²) in [5.74, 6) is 1.23. The molecule has 0 N–H and O–H groups in total. The number of ketones is 1. The molecule has 15 heavy (non-hydrogen) atoms. The van der Waals surface area contributed by atoms with E-state index in [1.54, 1.807) is 6.08 Å². The minimum Gasteiger partial charge on any atom is -0.329 e. The van der Waals surface area contributed by atoms with Crippen LogP contribution < -0.4 is 9.80 Å². The zero-order valence-electron chi connectivity index (χ0n) is 8.60. The maximum atomic E-state index is 11.4. The molecule has 1 aromatic rings. The van der Waals surface area contributed by atoms with Crippen LogP contribution in [-0.4, -0.2) is 19.4 Å². The van der Waals surface area contributed by atoms with Crippen LogP contribution in [0.5, 0.6) is 0 Å². The summed E-state index contributed by atoms with van der Waals surface area (Å²) in [7, 11) is 2.00. The van der Waals surface area contributed by atoms with Crippen LogP contribution in [0.25, 0.3) is 0 Å². The summed E-state index contributed by atoms with van der Waals surface area (Å²) >= 11 is 0. The number of fused-ring (bicyclic) bond motifs is 3. The van der Waals surface area contributed by atoms with Crippen molar-refractivity contribution in [1.29, 1.82) is 0 Å². The van der Waals surface area contributed by atoms with Crippen molar-refractivity contribution in [1.82, 2.24) is 0 Å². The first-order chi connectivity index (χ1) is 7.27. The minimum atomic E-state index is 0.223. The van der Waals surface area contributed by atoms with Gasteiger partial charge in [-0.1, -0.05) is 12.1 Å². The van der Waals surface area contributed by atoms with E-state index >= 15 is 0 Å². The van der Waals surface area contributed by atoms with E-state index in [4.69, 9.17) is 0 Å². The average molecular weight is 200 g/mol. The van der Waals surface area contributed by atoms with Gasteiger partial charge in [-0.3, -0.25) is 4.79 Å². The molecule has 0 amide bonds. The highest BCUT2D eigenvalue weighted by Gasteiger charge is 2.31. The number of para-hydroxylation sites is 2. The molecule has 0 aliphatic carbocycles. The summed E-state index contributed by atoms with van der Waals surface area (Å²) in [6.45, 7) is 0.798. The highest BCUT2D eigenvalue weighted by Crippen LogP contribution is 2.41. The summed E-state index contributed by atoms with van der Waals surface area (Å²) in [6.07, 6.45) is 2.36. The lowest BCUT2D eigenvalue weighted by Crippen LogP contribution is -2.32. The van der Waals surface area contributed by atoms with Crippen LogP contribution in [0.3, 0.4) is 0 Å². The first-order valence-electron chi connectivity index (χ1n) is 5.12. The van der Waals surface area contributed by atoms with Gasteiger partial charge in [-0.2, -0.15) is 0 Å². The number of allylic oxidation sites excluding steroid dienone is 1. The van der Waals surface area contributed by atoms with Gasteiger partial charge < -0.3 is 9.80 Å². The second kappa shape index (κ2) is 2.86. The van der Waals surface area contributed by atoms with Crippen molar-refractivity contribution in [2.24, 2.45) is 0 Å². The lowest BCUT2D eigenvalue weighted by Gasteiger charge is -2.25. The van der Waals surface area contributed by atoms with Crippen molar-refractivity contribution in [3.63, 3.8) is 0 Å². The van der Waals surface area contributed by atoms with Crippen molar-refractivity contribution in [2.45, 2.75) is 6.42 Å². The van der Waals surface area contributed by atoms with E-state index in [1.165, 1.54) is 11.4 Å². The van der Waals surface area contributed by atoms with Crippen LogP contribution in [0.1, 0.15) is 6.42 Å². The van der Waals surface area contributed by atoms with E-state index in [9.17, 15) is 4.79 Å². The SMILES string of the molecule is CN1C2=CC(=O)CCN2c2ccccc21. The number of hydrogen-bond acceptors (Lipinski definition) is 3. The number of anilines is 2. The first kappa shape index (κ1) is 8.53. The first-order valence-corrected chi connectivity index (χ1v) is 5.12. The van der Waals surface area contributed by atoms with Crippen LogP contribution in [0, 0.1) is 0 Å². The third kappa shape index (κ3) is 1.09. The largest absolute Gasteiger partial charge is 0.329 e. The van der Waals surface area contributed by atoms with Crippen LogP contribution in [0.2, 0.25) is 0 Å². The Balaban J connectivity index is 2.17. The van der Waals surface area contributed by atoms with Crippen molar-refractivity contribution >= 4 is 17.2 Å². The number of nitrogens with zero attached hydrogens (tertiary/aromatic N) is 2. The van der Waals surface area contributed by atoms with Crippen molar-refractivity contribution in [2.75, 3.05) is 23.4 Å². The molecule has 0 fully saturated rings. The van der Waals surface area contributed by atoms with Gasteiger partial charge in [0.2, 0.25) is 0 Å². The molecule has 0 radical (unpaired) electrons. The van der Waals surface area contributed by atoms with Gasteiger partial charge in [-0.05, 0) is 12.1 Å². The molecule has 0 saturated heterocycles. The molecule has 2 aliphatic rings. The molecular formula is C12H12N2O. The molecule has 0 bridgehead atoms. The van der Waals surface area contributed by atoms with Gasteiger partial charge in [0.25, 0.3) is 0 Å². The Morgan fingerprint density at radius 1 is 1.20 bits per heavy atom. The normalized spacial score (nSPS) is 18.7. The predicted octanol–water partition coefficient (Wildman–Crippen LogP) is 1.76. The maximum absolute atomic E-state index is 11.4. The van der Waals surface area contributed by atoms with E-state index in [-0.39, 0.29) is 5.78 Å². The van der Waals surface area contributed by atoms with Gasteiger partial charge >= 0.3 is 0 Å². The third-order valence-corrected chi connectivity index (χ3v) is 3.03. The van der Waals surface area contributed by atoms with Gasteiger partial charge in [0.05, 0.1) is 11.4 Å². The van der Waals surface area contributed by atoms with Gasteiger partial charge in [0.15, 0.2) is 5.78 Å². The lowest BCUT2D eigenvalue weighted by molar-refractivity contribution is -0.114. The minimum absolute atomic E-state index is 0.223. The fraction of sp³-hybridized carbons (Fsp3) is 0.250. The van der Waals surface area contributed by atoms with Crippen LogP contribution in [0.4, 0.5) is 11.4 Å². The van der Waals surface area contributed by atoms with Gasteiger partial charge in [0.1, 0.15) is 5.82 Å². The summed E-state index contributed by atoms with van der Waals surface area (Å²) in [5.41, 5.74) is 2.39. The summed E-state index contributed by atoms with van der Waals surface area (Å²) in [4.78, 5) is 15.7. The lowest BCUT2D eigenvalue weighted by atomic mass is 10.2. The second-order valence-corrected chi connectivity index (χ2v) is 3.92. The summed E-state index contributed by atoms with van der Waals surface area (Å²) in [6, 6.07) is 8.24. The molecule has 3 nitrogen and oxygen atoms in total. The zero-order chi connectivity index (χ0) is 10.4. The zero-order valence-corrected chi connectivity index (χ0v) is 8.60. The Morgan fingerprint density at radius 2 is 1.93 bits per heavy atom. The number of hydrogen-bond donors (Lipinski definition) is 0. The Hall–Kier alpha value is -1.77. The molecule has 0 aromatic heterocycles.